The van der Waals surface area contributed by atoms with Gasteiger partial charge in [-0.3, -0.25) is 4.79 Å². The van der Waals surface area contributed by atoms with Gasteiger partial charge in [-0.2, -0.15) is 4.98 Å². The number of carbonyl (C=O) groups excluding carboxylic acids is 1. The van der Waals surface area contributed by atoms with Crippen molar-refractivity contribution in [1.29, 1.82) is 0 Å². The summed E-state index contributed by atoms with van der Waals surface area (Å²) in [4.78, 5) is 16.8. The number of anilines is 1. The van der Waals surface area contributed by atoms with Crippen LogP contribution < -0.4 is 10.1 Å². The number of hydrogen-bond acceptors (Lipinski definition) is 5. The Morgan fingerprint density at radius 1 is 1.26 bits per heavy atom. The van der Waals surface area contributed by atoms with Crippen LogP contribution in [0.5, 0.6) is 5.75 Å². The second kappa shape index (κ2) is 7.19. The first-order valence-corrected chi connectivity index (χ1v) is 8.75. The average molecular weight is 367 g/mol. The van der Waals surface area contributed by atoms with E-state index in [0.29, 0.717) is 29.1 Å². The molecule has 27 heavy (non-hydrogen) atoms. The van der Waals surface area contributed by atoms with Gasteiger partial charge in [-0.05, 0) is 56.2 Å². The summed E-state index contributed by atoms with van der Waals surface area (Å²) in [6.45, 7) is 1.63. The maximum Gasteiger partial charge on any atom is 0.265 e. The smallest absolute Gasteiger partial charge is 0.265 e. The molecule has 3 aromatic rings. The number of amides is 1. The van der Waals surface area contributed by atoms with Gasteiger partial charge in [-0.1, -0.05) is 17.3 Å². The van der Waals surface area contributed by atoms with Gasteiger partial charge in [0, 0.05) is 17.2 Å². The van der Waals surface area contributed by atoms with E-state index < -0.39 is 6.10 Å². The number of halogens is 1. The molecule has 138 valence electrons. The van der Waals surface area contributed by atoms with Gasteiger partial charge in [0.25, 0.3) is 5.91 Å². The summed E-state index contributed by atoms with van der Waals surface area (Å²) in [7, 11) is 0. The van der Waals surface area contributed by atoms with Gasteiger partial charge in [0.15, 0.2) is 6.10 Å². The fraction of sp³-hybridized carbons (Fsp3) is 0.250. The highest BCUT2D eigenvalue weighted by molar-refractivity contribution is 5.94. The summed E-state index contributed by atoms with van der Waals surface area (Å²) in [6.07, 6.45) is 1.43. The number of carbonyl (C=O) groups is 1. The summed E-state index contributed by atoms with van der Waals surface area (Å²) in [5.41, 5.74) is 1.36. The second-order valence-electron chi connectivity index (χ2n) is 6.51. The zero-order valence-corrected chi connectivity index (χ0v) is 14.7. The van der Waals surface area contributed by atoms with E-state index in [-0.39, 0.29) is 11.7 Å². The van der Waals surface area contributed by atoms with Crippen LogP contribution in [-0.4, -0.2) is 22.2 Å². The molecule has 2 aromatic carbocycles. The van der Waals surface area contributed by atoms with E-state index in [9.17, 15) is 9.18 Å². The van der Waals surface area contributed by atoms with Crippen LogP contribution in [0.3, 0.4) is 0 Å². The zero-order valence-electron chi connectivity index (χ0n) is 14.7. The largest absolute Gasteiger partial charge is 0.481 e. The van der Waals surface area contributed by atoms with E-state index in [1.807, 2.05) is 12.1 Å². The lowest BCUT2D eigenvalue weighted by atomic mass is 10.2. The third-order valence-corrected chi connectivity index (χ3v) is 4.25. The molecule has 1 aliphatic rings. The van der Waals surface area contributed by atoms with Crippen molar-refractivity contribution in [2.45, 2.75) is 31.8 Å². The number of hydrogen-bond donors (Lipinski definition) is 1. The van der Waals surface area contributed by atoms with E-state index in [1.54, 1.807) is 19.1 Å². The Kier molecular flexibility index (Phi) is 4.58. The van der Waals surface area contributed by atoms with Crippen LogP contribution >= 0.6 is 0 Å². The number of nitrogens with zero attached hydrogens (tertiary/aromatic N) is 2. The maximum absolute atomic E-state index is 12.9. The van der Waals surface area contributed by atoms with Crippen molar-refractivity contribution in [1.82, 2.24) is 10.1 Å². The molecule has 6 nitrogen and oxygen atoms in total. The summed E-state index contributed by atoms with van der Waals surface area (Å²) < 4.78 is 23.8. The van der Waals surface area contributed by atoms with Gasteiger partial charge in [-0.25, -0.2) is 4.39 Å². The van der Waals surface area contributed by atoms with Gasteiger partial charge >= 0.3 is 0 Å². The molecule has 0 spiro atoms. The second-order valence-corrected chi connectivity index (χ2v) is 6.51. The highest BCUT2D eigenvalue weighted by atomic mass is 19.1. The number of ether oxygens (including phenoxy) is 1. The minimum atomic E-state index is -0.745. The Balaban J connectivity index is 1.42. The van der Waals surface area contributed by atoms with Crippen molar-refractivity contribution in [3.05, 3.63) is 60.2 Å². The molecule has 1 fully saturated rings. The monoisotopic (exact) mass is 367 g/mol. The van der Waals surface area contributed by atoms with Gasteiger partial charge in [0.1, 0.15) is 11.6 Å². The van der Waals surface area contributed by atoms with E-state index in [0.717, 1.165) is 18.4 Å². The van der Waals surface area contributed by atoms with E-state index in [1.165, 1.54) is 24.3 Å². The van der Waals surface area contributed by atoms with Gasteiger partial charge in [0.2, 0.25) is 11.7 Å². The minimum absolute atomic E-state index is 0.316. The number of rotatable bonds is 6. The highest BCUT2D eigenvalue weighted by Crippen LogP contribution is 2.39. The van der Waals surface area contributed by atoms with E-state index >= 15 is 0 Å². The first kappa shape index (κ1) is 17.2. The molecule has 0 bridgehead atoms. The maximum atomic E-state index is 12.9. The molecule has 0 saturated heterocycles. The van der Waals surface area contributed by atoms with Gasteiger partial charge in [0.05, 0.1) is 0 Å². The van der Waals surface area contributed by atoms with Crippen LogP contribution in [0.15, 0.2) is 53.1 Å². The Hall–Kier alpha value is -3.22. The molecule has 1 saturated carbocycles. The topological polar surface area (TPSA) is 77.2 Å². The van der Waals surface area contributed by atoms with Gasteiger partial charge < -0.3 is 14.6 Å². The quantitative estimate of drug-likeness (QED) is 0.708. The molecule has 1 aromatic heterocycles. The fourth-order valence-electron chi connectivity index (χ4n) is 2.60. The SMILES string of the molecule is C[C@@H](Oc1ccc(F)cc1)C(=O)Nc1cccc(-c2noc(C3CC3)n2)c1. The summed E-state index contributed by atoms with van der Waals surface area (Å²) in [5, 5.41) is 6.81. The minimum Gasteiger partial charge on any atom is -0.481 e. The Morgan fingerprint density at radius 3 is 2.78 bits per heavy atom. The summed E-state index contributed by atoms with van der Waals surface area (Å²) >= 11 is 0. The zero-order chi connectivity index (χ0) is 18.8. The molecule has 0 aliphatic heterocycles. The third-order valence-electron chi connectivity index (χ3n) is 4.25. The average Bonchev–Trinajstić information content (AvgIpc) is 3.40. The number of benzene rings is 2. The van der Waals surface area contributed by atoms with Crippen LogP contribution in [0.4, 0.5) is 10.1 Å². The molecule has 0 unspecified atom stereocenters. The van der Waals surface area contributed by atoms with Crippen LogP contribution in [0.1, 0.15) is 31.6 Å². The van der Waals surface area contributed by atoms with Crippen LogP contribution in [0, 0.1) is 5.82 Å². The lowest BCUT2D eigenvalue weighted by Crippen LogP contribution is -2.30. The highest BCUT2D eigenvalue weighted by Gasteiger charge is 2.29. The van der Waals surface area contributed by atoms with Crippen LogP contribution in [0.2, 0.25) is 0 Å². The van der Waals surface area contributed by atoms with E-state index in [4.69, 9.17) is 9.26 Å². The summed E-state index contributed by atoms with van der Waals surface area (Å²) in [5.74, 6) is 1.31. The molecule has 1 atom stereocenters. The van der Waals surface area contributed by atoms with Crippen molar-refractivity contribution in [2.75, 3.05) is 5.32 Å². The summed E-state index contributed by atoms with van der Waals surface area (Å²) in [6, 6.07) is 12.7. The molecule has 1 N–H and O–H groups in total. The Morgan fingerprint density at radius 2 is 2.04 bits per heavy atom. The number of nitrogens with one attached hydrogen (secondary N) is 1. The normalized spacial score (nSPS) is 14.6. The Labute approximate surface area is 155 Å². The van der Waals surface area contributed by atoms with E-state index in [2.05, 4.69) is 15.5 Å². The molecule has 0 radical (unpaired) electrons. The molecule has 1 amide bonds. The van der Waals surface area contributed by atoms with Crippen LogP contribution in [0.25, 0.3) is 11.4 Å². The number of aromatic nitrogens is 2. The molecule has 4 rings (SSSR count). The first-order valence-electron chi connectivity index (χ1n) is 8.75. The van der Waals surface area contributed by atoms with Crippen molar-refractivity contribution >= 4 is 11.6 Å². The predicted molar refractivity (Wildman–Crippen MR) is 96.8 cm³/mol. The van der Waals surface area contributed by atoms with Crippen molar-refractivity contribution in [3.8, 4) is 17.1 Å². The molecule has 1 heterocycles. The Bertz CT molecular complexity index is 951. The molecule has 7 heteroatoms. The van der Waals surface area contributed by atoms with Crippen molar-refractivity contribution in [2.24, 2.45) is 0 Å². The standard InChI is InChI=1S/C20H18FN3O3/c1-12(26-17-9-7-15(21)8-10-17)19(25)22-16-4-2-3-14(11-16)18-23-20(27-24-18)13-5-6-13/h2-4,7-13H,5-6H2,1H3,(H,22,25)/t12-/m1/s1. The molecular formula is C20H18FN3O3. The lowest BCUT2D eigenvalue weighted by molar-refractivity contribution is -0.122. The predicted octanol–water partition coefficient (Wildman–Crippen LogP) is 4.16. The van der Waals surface area contributed by atoms with Crippen LogP contribution in [-0.2, 0) is 4.79 Å². The third kappa shape index (κ3) is 4.13. The van der Waals surface area contributed by atoms with Crippen molar-refractivity contribution in [3.63, 3.8) is 0 Å². The fourth-order valence-corrected chi connectivity index (χ4v) is 2.60. The van der Waals surface area contributed by atoms with Gasteiger partial charge in [-0.15, -0.1) is 0 Å². The first-order chi connectivity index (χ1) is 13.1. The molecular weight excluding hydrogens is 349 g/mol. The molecule has 1 aliphatic carbocycles. The lowest BCUT2D eigenvalue weighted by Gasteiger charge is -2.15. The van der Waals surface area contributed by atoms with Crippen molar-refractivity contribution < 1.29 is 18.4 Å².